The van der Waals surface area contributed by atoms with Gasteiger partial charge in [-0.2, -0.15) is 13.2 Å². The largest absolute Gasteiger partial charge is 0.444 e. The molecule has 184 valence electrons. The van der Waals surface area contributed by atoms with Crippen LogP contribution >= 0.6 is 0 Å². The number of carbonyl (C=O) groups is 4. The molecule has 2 heterocycles. The van der Waals surface area contributed by atoms with Crippen molar-refractivity contribution in [1.82, 2.24) is 9.96 Å². The Balaban J connectivity index is 1.68. The Bertz CT molecular complexity index is 1200. The molecular formula is C24H21F3N2O6. The van der Waals surface area contributed by atoms with E-state index in [2.05, 4.69) is 0 Å². The standard InChI is InChI=1S/C24H21F3N2O6/c1-23(2,3)34-22(33)28-11-16-13(9-6-10-18(16)24(25,26)27)17(12-28)21(32)35-29-19(30)14-7-4-5-8-15(14)20(29)31/h4-10,17H,11-12H2,1-3H3. The fraction of sp³-hybridized carbons (Fsp3) is 0.333. The van der Waals surface area contributed by atoms with Gasteiger partial charge in [0.25, 0.3) is 11.8 Å². The number of benzene rings is 2. The Morgan fingerprint density at radius 3 is 2.09 bits per heavy atom. The molecule has 2 aliphatic heterocycles. The summed E-state index contributed by atoms with van der Waals surface area (Å²) < 4.78 is 46.5. The highest BCUT2D eigenvalue weighted by atomic mass is 19.4. The number of alkyl halides is 3. The van der Waals surface area contributed by atoms with Crippen LogP contribution in [0.3, 0.4) is 0 Å². The van der Waals surface area contributed by atoms with Crippen LogP contribution in [0.25, 0.3) is 0 Å². The lowest BCUT2D eigenvalue weighted by molar-refractivity contribution is -0.171. The predicted octanol–water partition coefficient (Wildman–Crippen LogP) is 4.29. The molecule has 4 rings (SSSR count). The number of hydroxylamine groups is 2. The Labute approximate surface area is 198 Å². The second-order valence-electron chi connectivity index (χ2n) is 9.15. The average Bonchev–Trinajstić information content (AvgIpc) is 3.01. The van der Waals surface area contributed by atoms with E-state index in [1.54, 1.807) is 20.8 Å². The second-order valence-corrected chi connectivity index (χ2v) is 9.15. The zero-order valence-corrected chi connectivity index (χ0v) is 19.0. The van der Waals surface area contributed by atoms with Crippen LogP contribution in [0.15, 0.2) is 42.5 Å². The predicted molar refractivity (Wildman–Crippen MR) is 114 cm³/mol. The number of hydrogen-bond acceptors (Lipinski definition) is 6. The molecule has 2 aromatic carbocycles. The summed E-state index contributed by atoms with van der Waals surface area (Å²) in [5, 5.41) is 0.284. The molecule has 11 heteroatoms. The molecule has 0 spiro atoms. The Morgan fingerprint density at radius 1 is 0.943 bits per heavy atom. The summed E-state index contributed by atoms with van der Waals surface area (Å²) in [4.78, 5) is 57.1. The first-order valence-corrected chi connectivity index (χ1v) is 10.6. The van der Waals surface area contributed by atoms with Crippen LogP contribution in [0.4, 0.5) is 18.0 Å². The lowest BCUT2D eigenvalue weighted by Gasteiger charge is -2.36. The van der Waals surface area contributed by atoms with Crippen molar-refractivity contribution in [2.45, 2.75) is 45.0 Å². The minimum Gasteiger partial charge on any atom is -0.444 e. The van der Waals surface area contributed by atoms with Crippen molar-refractivity contribution in [1.29, 1.82) is 0 Å². The van der Waals surface area contributed by atoms with Gasteiger partial charge >= 0.3 is 18.2 Å². The molecule has 3 amide bonds. The van der Waals surface area contributed by atoms with Gasteiger partial charge in [0.05, 0.1) is 16.7 Å². The number of nitrogens with zero attached hydrogens (tertiary/aromatic N) is 2. The Kier molecular flexibility index (Phi) is 5.82. The summed E-state index contributed by atoms with van der Waals surface area (Å²) in [5.41, 5.74) is -2.19. The number of amides is 3. The molecule has 8 nitrogen and oxygen atoms in total. The summed E-state index contributed by atoms with van der Waals surface area (Å²) in [6.07, 6.45) is -5.67. The first-order valence-electron chi connectivity index (χ1n) is 10.6. The number of hydrogen-bond donors (Lipinski definition) is 0. The van der Waals surface area contributed by atoms with Gasteiger partial charge in [-0.25, -0.2) is 9.59 Å². The third-order valence-electron chi connectivity index (χ3n) is 5.52. The SMILES string of the molecule is CC(C)(C)OC(=O)N1Cc2c(cccc2C(F)(F)F)C(C(=O)ON2C(=O)c3ccccc3C2=O)C1. The van der Waals surface area contributed by atoms with Crippen molar-refractivity contribution in [3.8, 4) is 0 Å². The Hall–Kier alpha value is -3.89. The highest BCUT2D eigenvalue weighted by Gasteiger charge is 2.44. The van der Waals surface area contributed by atoms with E-state index in [0.717, 1.165) is 17.0 Å². The average molecular weight is 490 g/mol. The van der Waals surface area contributed by atoms with E-state index in [0.29, 0.717) is 0 Å². The maximum absolute atomic E-state index is 13.7. The first kappa shape index (κ1) is 24.2. The van der Waals surface area contributed by atoms with Crippen LogP contribution in [-0.4, -0.2) is 46.0 Å². The van der Waals surface area contributed by atoms with Crippen LogP contribution < -0.4 is 0 Å². The molecule has 0 saturated heterocycles. The first-order chi connectivity index (χ1) is 16.3. The number of carbonyl (C=O) groups excluding carboxylic acids is 4. The molecular weight excluding hydrogens is 469 g/mol. The van der Waals surface area contributed by atoms with Crippen molar-refractivity contribution in [2.24, 2.45) is 0 Å². The maximum atomic E-state index is 13.7. The second kappa shape index (κ2) is 8.40. The van der Waals surface area contributed by atoms with Crippen LogP contribution in [0.1, 0.15) is 64.1 Å². The molecule has 0 fully saturated rings. The van der Waals surface area contributed by atoms with Gasteiger partial charge in [0, 0.05) is 13.1 Å². The summed E-state index contributed by atoms with van der Waals surface area (Å²) in [6.45, 7) is 3.97. The van der Waals surface area contributed by atoms with Gasteiger partial charge in [-0.1, -0.05) is 29.3 Å². The summed E-state index contributed by atoms with van der Waals surface area (Å²) >= 11 is 0. The minimum atomic E-state index is -4.75. The van der Waals surface area contributed by atoms with Gasteiger partial charge in [-0.3, -0.25) is 9.59 Å². The van der Waals surface area contributed by atoms with E-state index in [1.165, 1.54) is 30.3 Å². The number of ether oxygens (including phenoxy) is 1. The zero-order chi connectivity index (χ0) is 25.7. The van der Waals surface area contributed by atoms with E-state index in [-0.39, 0.29) is 33.9 Å². The van der Waals surface area contributed by atoms with Gasteiger partial charge in [-0.15, -0.1) is 0 Å². The Morgan fingerprint density at radius 2 is 1.54 bits per heavy atom. The topological polar surface area (TPSA) is 93.2 Å². The fourth-order valence-corrected chi connectivity index (χ4v) is 4.02. The minimum absolute atomic E-state index is 0.0127. The highest BCUT2D eigenvalue weighted by molar-refractivity contribution is 6.21. The number of imide groups is 1. The molecule has 0 bridgehead atoms. The van der Waals surface area contributed by atoms with Crippen molar-refractivity contribution in [3.05, 3.63) is 70.3 Å². The van der Waals surface area contributed by atoms with Crippen molar-refractivity contribution < 1.29 is 41.9 Å². The number of halogens is 3. The normalized spacial score (nSPS) is 17.7. The molecule has 2 aliphatic rings. The molecule has 0 aromatic heterocycles. The molecule has 2 aromatic rings. The van der Waals surface area contributed by atoms with Crippen LogP contribution in [0, 0.1) is 0 Å². The monoisotopic (exact) mass is 490 g/mol. The van der Waals surface area contributed by atoms with Gasteiger partial charge in [0.1, 0.15) is 11.5 Å². The summed E-state index contributed by atoms with van der Waals surface area (Å²) in [6, 6.07) is 9.16. The number of rotatable bonds is 2. The summed E-state index contributed by atoms with van der Waals surface area (Å²) in [5.74, 6) is -4.31. The lowest BCUT2D eigenvalue weighted by atomic mass is 9.87. The van der Waals surface area contributed by atoms with Crippen LogP contribution in [0.5, 0.6) is 0 Å². The molecule has 1 atom stereocenters. The molecule has 0 radical (unpaired) electrons. The van der Waals surface area contributed by atoms with Crippen LogP contribution in [0.2, 0.25) is 0 Å². The van der Waals surface area contributed by atoms with Gasteiger partial charge < -0.3 is 14.5 Å². The smallest absolute Gasteiger partial charge is 0.416 e. The maximum Gasteiger partial charge on any atom is 0.416 e. The van der Waals surface area contributed by atoms with Gasteiger partial charge in [0.15, 0.2) is 0 Å². The summed E-state index contributed by atoms with van der Waals surface area (Å²) in [7, 11) is 0. The van der Waals surface area contributed by atoms with E-state index in [1.807, 2.05) is 0 Å². The molecule has 0 saturated carbocycles. The molecule has 1 unspecified atom stereocenters. The quantitative estimate of drug-likeness (QED) is 0.583. The van der Waals surface area contributed by atoms with E-state index in [4.69, 9.17) is 9.57 Å². The van der Waals surface area contributed by atoms with Crippen molar-refractivity contribution in [3.63, 3.8) is 0 Å². The third-order valence-corrected chi connectivity index (χ3v) is 5.52. The third kappa shape index (κ3) is 4.58. The van der Waals surface area contributed by atoms with Gasteiger partial charge in [-0.05, 0) is 50.1 Å². The van der Waals surface area contributed by atoms with Crippen molar-refractivity contribution >= 4 is 23.9 Å². The van der Waals surface area contributed by atoms with E-state index >= 15 is 0 Å². The lowest BCUT2D eigenvalue weighted by Crippen LogP contribution is -2.45. The zero-order valence-electron chi connectivity index (χ0n) is 19.0. The van der Waals surface area contributed by atoms with Gasteiger partial charge in [0.2, 0.25) is 0 Å². The van der Waals surface area contributed by atoms with Crippen molar-refractivity contribution in [2.75, 3.05) is 6.54 Å². The molecule has 35 heavy (non-hydrogen) atoms. The molecule has 0 aliphatic carbocycles. The van der Waals surface area contributed by atoms with Crippen LogP contribution in [-0.2, 0) is 27.1 Å². The number of fused-ring (bicyclic) bond motifs is 2. The highest BCUT2D eigenvalue weighted by Crippen LogP contribution is 2.39. The van der Waals surface area contributed by atoms with E-state index in [9.17, 15) is 32.3 Å². The van der Waals surface area contributed by atoms with E-state index < -0.39 is 53.7 Å². The molecule has 0 N–H and O–H groups in total. The fourth-order valence-electron chi connectivity index (χ4n) is 4.02.